The number of hydrogen-bond donors (Lipinski definition) is 1. The summed E-state index contributed by atoms with van der Waals surface area (Å²) >= 11 is 0. The average Bonchev–Trinajstić information content (AvgIpc) is 3.20. The minimum absolute atomic E-state index is 0.262. The number of amides is 1. The molecule has 3 rings (SSSR count). The summed E-state index contributed by atoms with van der Waals surface area (Å²) in [4.78, 5) is 30.7. The Balaban J connectivity index is 1.47. The van der Waals surface area contributed by atoms with E-state index in [2.05, 4.69) is 5.16 Å². The van der Waals surface area contributed by atoms with Crippen LogP contribution in [0, 0.1) is 5.92 Å². The Morgan fingerprint density at radius 2 is 1.90 bits per heavy atom. The van der Waals surface area contributed by atoms with E-state index in [1.807, 2.05) is 20.8 Å². The first-order chi connectivity index (χ1) is 14.2. The van der Waals surface area contributed by atoms with Crippen LogP contribution in [-0.4, -0.2) is 59.7 Å². The fraction of sp³-hybridized carbons (Fsp3) is 0.591. The van der Waals surface area contributed by atoms with Gasteiger partial charge in [-0.25, -0.2) is 4.79 Å². The first kappa shape index (κ1) is 21.9. The first-order valence-corrected chi connectivity index (χ1v) is 10.3. The van der Waals surface area contributed by atoms with Crippen LogP contribution in [0.3, 0.4) is 0 Å². The maximum absolute atomic E-state index is 12.1. The van der Waals surface area contributed by atoms with Crippen LogP contribution in [0.15, 0.2) is 29.4 Å². The molecule has 8 nitrogen and oxygen atoms in total. The number of carboxylic acids is 1. The second-order valence-electron chi connectivity index (χ2n) is 8.77. The molecular weight excluding hydrogens is 388 g/mol. The molecule has 164 valence electrons. The van der Waals surface area contributed by atoms with Crippen molar-refractivity contribution in [1.29, 1.82) is 0 Å². The van der Waals surface area contributed by atoms with Crippen LogP contribution in [0.25, 0.3) is 0 Å². The van der Waals surface area contributed by atoms with Crippen LogP contribution in [0.5, 0.6) is 5.75 Å². The summed E-state index contributed by atoms with van der Waals surface area (Å²) in [6.07, 6.45) is 3.05. The molecule has 1 aromatic rings. The molecule has 1 saturated heterocycles. The van der Waals surface area contributed by atoms with Crippen molar-refractivity contribution < 1.29 is 29.0 Å². The zero-order valence-corrected chi connectivity index (χ0v) is 17.7. The van der Waals surface area contributed by atoms with Crippen molar-refractivity contribution in [2.24, 2.45) is 11.1 Å². The molecule has 2 aliphatic heterocycles. The van der Waals surface area contributed by atoms with Crippen LogP contribution < -0.4 is 4.74 Å². The molecule has 0 radical (unpaired) electrons. The Bertz CT molecular complexity index is 755. The number of oxime groups is 1. The highest BCUT2D eigenvalue weighted by molar-refractivity contribution is 5.78. The number of piperidine rings is 1. The zero-order chi connectivity index (χ0) is 21.7. The van der Waals surface area contributed by atoms with Crippen molar-refractivity contribution in [3.8, 4) is 5.75 Å². The van der Waals surface area contributed by atoms with Crippen LogP contribution in [0.2, 0.25) is 0 Å². The lowest BCUT2D eigenvalue weighted by atomic mass is 9.92. The number of ether oxygens (including phenoxy) is 2. The Kier molecular flexibility index (Phi) is 6.84. The summed E-state index contributed by atoms with van der Waals surface area (Å²) in [6, 6.07) is 7.11. The molecule has 1 amide bonds. The third-order valence-electron chi connectivity index (χ3n) is 5.24. The quantitative estimate of drug-likeness (QED) is 0.757. The SMILES string of the molecule is CC(C)(C)OC(=O)N1CCC(COc2ccc(C(C(=O)O)[C@H]3CC=NO3)cc2)CC1. The molecule has 0 bridgehead atoms. The van der Waals surface area contributed by atoms with E-state index in [4.69, 9.17) is 14.3 Å². The van der Waals surface area contributed by atoms with Crippen LogP contribution in [0.1, 0.15) is 51.5 Å². The minimum atomic E-state index is -0.934. The lowest BCUT2D eigenvalue weighted by molar-refractivity contribution is -0.142. The van der Waals surface area contributed by atoms with Crippen molar-refractivity contribution in [2.75, 3.05) is 19.7 Å². The molecule has 2 atom stereocenters. The van der Waals surface area contributed by atoms with E-state index < -0.39 is 23.6 Å². The number of nitrogens with zero attached hydrogens (tertiary/aromatic N) is 2. The van der Waals surface area contributed by atoms with Crippen LogP contribution in [-0.2, 0) is 14.4 Å². The van der Waals surface area contributed by atoms with Gasteiger partial charge in [0, 0.05) is 25.7 Å². The van der Waals surface area contributed by atoms with Gasteiger partial charge in [-0.3, -0.25) is 4.79 Å². The van der Waals surface area contributed by atoms with Gasteiger partial charge in [-0.05, 0) is 57.2 Å². The molecule has 0 spiro atoms. The number of hydrogen-bond acceptors (Lipinski definition) is 6. The molecule has 1 unspecified atom stereocenters. The molecule has 0 aliphatic carbocycles. The maximum atomic E-state index is 12.1. The van der Waals surface area contributed by atoms with Crippen molar-refractivity contribution in [3.05, 3.63) is 29.8 Å². The maximum Gasteiger partial charge on any atom is 0.410 e. The first-order valence-electron chi connectivity index (χ1n) is 10.3. The molecular formula is C22H30N2O6. The standard InChI is InChI=1S/C22H30N2O6/c1-22(2,3)29-21(27)24-12-9-15(10-13-24)14-28-17-6-4-16(5-7-17)19(20(25)26)18-8-11-23-30-18/h4-7,11,15,18-19H,8-10,12-14H2,1-3H3,(H,25,26)/t18-,19?/m1/s1. The number of carboxylic acid groups (broad SMARTS) is 1. The molecule has 1 aromatic carbocycles. The fourth-order valence-electron chi connectivity index (χ4n) is 3.62. The van der Waals surface area contributed by atoms with Crippen molar-refractivity contribution in [2.45, 2.75) is 57.7 Å². The van der Waals surface area contributed by atoms with E-state index in [-0.39, 0.29) is 6.09 Å². The lowest BCUT2D eigenvalue weighted by Gasteiger charge is -2.33. The second-order valence-corrected chi connectivity index (χ2v) is 8.77. The van der Waals surface area contributed by atoms with Gasteiger partial charge in [0.05, 0.1) is 6.61 Å². The third-order valence-corrected chi connectivity index (χ3v) is 5.24. The van der Waals surface area contributed by atoms with Gasteiger partial charge in [0.15, 0.2) is 0 Å². The Labute approximate surface area is 176 Å². The Morgan fingerprint density at radius 3 is 2.43 bits per heavy atom. The van der Waals surface area contributed by atoms with Crippen molar-refractivity contribution in [1.82, 2.24) is 4.90 Å². The highest BCUT2D eigenvalue weighted by atomic mass is 16.6. The van der Waals surface area contributed by atoms with E-state index in [1.54, 1.807) is 35.4 Å². The monoisotopic (exact) mass is 418 g/mol. The van der Waals surface area contributed by atoms with E-state index in [1.165, 1.54) is 0 Å². The molecule has 2 aliphatic rings. The minimum Gasteiger partial charge on any atom is -0.493 e. The predicted octanol–water partition coefficient (Wildman–Crippen LogP) is 3.66. The number of benzene rings is 1. The summed E-state index contributed by atoms with van der Waals surface area (Å²) < 4.78 is 11.3. The van der Waals surface area contributed by atoms with Gasteiger partial charge in [0.1, 0.15) is 23.4 Å². The summed E-state index contributed by atoms with van der Waals surface area (Å²) in [5.74, 6) is -0.644. The van der Waals surface area contributed by atoms with E-state index in [9.17, 15) is 14.7 Å². The summed E-state index contributed by atoms with van der Waals surface area (Å²) in [5, 5.41) is 13.2. The Morgan fingerprint density at radius 1 is 1.23 bits per heavy atom. The topological polar surface area (TPSA) is 97.7 Å². The number of aliphatic carboxylic acids is 1. The van der Waals surface area contributed by atoms with E-state index >= 15 is 0 Å². The number of rotatable bonds is 6. The number of likely N-dealkylation sites (tertiary alicyclic amines) is 1. The largest absolute Gasteiger partial charge is 0.493 e. The molecule has 0 saturated carbocycles. The van der Waals surface area contributed by atoms with Gasteiger partial charge in [-0.2, -0.15) is 0 Å². The number of carbonyl (C=O) groups is 2. The van der Waals surface area contributed by atoms with Crippen LogP contribution in [0.4, 0.5) is 4.79 Å². The van der Waals surface area contributed by atoms with Gasteiger partial charge < -0.3 is 24.3 Å². The molecule has 1 fully saturated rings. The van der Waals surface area contributed by atoms with E-state index in [0.29, 0.717) is 43.3 Å². The number of carbonyl (C=O) groups excluding carboxylic acids is 1. The third kappa shape index (κ3) is 5.87. The van der Waals surface area contributed by atoms with Gasteiger partial charge in [0.2, 0.25) is 0 Å². The predicted molar refractivity (Wildman–Crippen MR) is 111 cm³/mol. The lowest BCUT2D eigenvalue weighted by Crippen LogP contribution is -2.42. The van der Waals surface area contributed by atoms with Crippen molar-refractivity contribution >= 4 is 18.3 Å². The summed E-state index contributed by atoms with van der Waals surface area (Å²) in [6.45, 7) is 7.47. The van der Waals surface area contributed by atoms with Gasteiger partial charge in [-0.1, -0.05) is 17.3 Å². The fourth-order valence-corrected chi connectivity index (χ4v) is 3.62. The van der Waals surface area contributed by atoms with Gasteiger partial charge in [0.25, 0.3) is 0 Å². The molecule has 30 heavy (non-hydrogen) atoms. The van der Waals surface area contributed by atoms with Gasteiger partial charge in [-0.15, -0.1) is 0 Å². The highest BCUT2D eigenvalue weighted by Gasteiger charge is 2.33. The van der Waals surface area contributed by atoms with E-state index in [0.717, 1.165) is 12.8 Å². The molecule has 1 N–H and O–H groups in total. The molecule has 0 aromatic heterocycles. The second kappa shape index (κ2) is 9.36. The van der Waals surface area contributed by atoms with Crippen molar-refractivity contribution in [3.63, 3.8) is 0 Å². The average molecular weight is 418 g/mol. The normalized spacial score (nSPS) is 20.5. The Hall–Kier alpha value is -2.77. The summed E-state index contributed by atoms with van der Waals surface area (Å²) in [5.41, 5.74) is 0.177. The highest BCUT2D eigenvalue weighted by Crippen LogP contribution is 2.29. The van der Waals surface area contributed by atoms with Gasteiger partial charge >= 0.3 is 12.1 Å². The molecule has 8 heteroatoms. The van der Waals surface area contributed by atoms with Crippen LogP contribution >= 0.6 is 0 Å². The molecule has 2 heterocycles. The zero-order valence-electron chi connectivity index (χ0n) is 17.7. The summed E-state index contributed by atoms with van der Waals surface area (Å²) in [7, 11) is 0. The smallest absolute Gasteiger partial charge is 0.410 e.